The van der Waals surface area contributed by atoms with E-state index in [1.165, 1.54) is 25.7 Å². The molecule has 1 aliphatic carbocycles. The molecule has 6 nitrogen and oxygen atoms in total. The fraction of sp³-hybridized carbons (Fsp3) is 0.650. The third kappa shape index (κ3) is 8.49. The molecule has 0 spiro atoms. The SMILES string of the molecule is CCOc1cccc(CNC(=NC)NCCN(C)C2CCCC2)c1OC(F)F.I. The second-order valence-electron chi connectivity index (χ2n) is 6.83. The molecule has 0 aliphatic heterocycles. The van der Waals surface area contributed by atoms with Gasteiger partial charge in [-0.25, -0.2) is 0 Å². The van der Waals surface area contributed by atoms with E-state index >= 15 is 0 Å². The van der Waals surface area contributed by atoms with Crippen LogP contribution in [0.15, 0.2) is 23.2 Å². The monoisotopic (exact) mass is 526 g/mol. The van der Waals surface area contributed by atoms with E-state index in [-0.39, 0.29) is 29.7 Å². The van der Waals surface area contributed by atoms with Crippen LogP contribution in [0.4, 0.5) is 8.78 Å². The number of nitrogens with zero attached hydrogens (tertiary/aromatic N) is 2. The summed E-state index contributed by atoms with van der Waals surface area (Å²) in [6, 6.07) is 5.78. The number of nitrogens with one attached hydrogen (secondary N) is 2. The molecule has 1 aliphatic rings. The molecule has 2 rings (SSSR count). The molecule has 0 unspecified atom stereocenters. The molecule has 0 saturated heterocycles. The zero-order valence-corrected chi connectivity index (χ0v) is 19.7. The highest BCUT2D eigenvalue weighted by atomic mass is 127. The number of hydrogen-bond donors (Lipinski definition) is 2. The second-order valence-corrected chi connectivity index (χ2v) is 6.83. The average molecular weight is 526 g/mol. The Bertz CT molecular complexity index is 628. The maximum Gasteiger partial charge on any atom is 0.387 e. The number of hydrogen-bond acceptors (Lipinski definition) is 4. The minimum Gasteiger partial charge on any atom is -0.490 e. The summed E-state index contributed by atoms with van der Waals surface area (Å²) in [5.41, 5.74) is 0.581. The molecule has 2 N–H and O–H groups in total. The van der Waals surface area contributed by atoms with Gasteiger partial charge < -0.3 is 25.0 Å². The number of likely N-dealkylation sites (N-methyl/N-ethyl adjacent to an activating group) is 1. The van der Waals surface area contributed by atoms with Crippen LogP contribution in [-0.4, -0.2) is 57.3 Å². The highest BCUT2D eigenvalue weighted by Gasteiger charge is 2.19. The van der Waals surface area contributed by atoms with Gasteiger partial charge in [-0.2, -0.15) is 8.78 Å². The Morgan fingerprint density at radius 2 is 2.00 bits per heavy atom. The van der Waals surface area contributed by atoms with Crippen molar-refractivity contribution in [1.82, 2.24) is 15.5 Å². The van der Waals surface area contributed by atoms with Gasteiger partial charge in [0.2, 0.25) is 0 Å². The minimum atomic E-state index is -2.91. The zero-order valence-electron chi connectivity index (χ0n) is 17.4. The number of para-hydroxylation sites is 1. The van der Waals surface area contributed by atoms with Gasteiger partial charge in [0.1, 0.15) is 0 Å². The molecule has 1 fully saturated rings. The van der Waals surface area contributed by atoms with Crippen LogP contribution in [0.1, 0.15) is 38.2 Å². The van der Waals surface area contributed by atoms with E-state index < -0.39 is 6.61 Å². The Labute approximate surface area is 189 Å². The van der Waals surface area contributed by atoms with Crippen molar-refractivity contribution in [3.63, 3.8) is 0 Å². The van der Waals surface area contributed by atoms with Gasteiger partial charge in [0, 0.05) is 38.3 Å². The van der Waals surface area contributed by atoms with Crippen molar-refractivity contribution in [3.05, 3.63) is 23.8 Å². The molecule has 0 amide bonds. The summed E-state index contributed by atoms with van der Waals surface area (Å²) in [4.78, 5) is 6.58. The molecule has 0 heterocycles. The van der Waals surface area contributed by atoms with E-state index in [9.17, 15) is 8.78 Å². The van der Waals surface area contributed by atoms with Crippen molar-refractivity contribution >= 4 is 29.9 Å². The lowest BCUT2D eigenvalue weighted by molar-refractivity contribution is -0.0520. The molecule has 0 radical (unpaired) electrons. The number of ether oxygens (including phenoxy) is 2. The number of guanidine groups is 1. The molecular weight excluding hydrogens is 493 g/mol. The summed E-state index contributed by atoms with van der Waals surface area (Å²) in [6.07, 6.45) is 5.17. The van der Waals surface area contributed by atoms with Gasteiger partial charge in [-0.05, 0) is 32.9 Å². The molecule has 0 aromatic heterocycles. The van der Waals surface area contributed by atoms with Crippen LogP contribution >= 0.6 is 24.0 Å². The first-order valence-electron chi connectivity index (χ1n) is 9.89. The highest BCUT2D eigenvalue weighted by molar-refractivity contribution is 14.0. The molecular formula is C20H33F2IN4O2. The Morgan fingerprint density at radius 3 is 2.62 bits per heavy atom. The normalized spacial score (nSPS) is 14.8. The van der Waals surface area contributed by atoms with Crippen LogP contribution in [0.2, 0.25) is 0 Å². The second kappa shape index (κ2) is 13.8. The molecule has 1 saturated carbocycles. The number of alkyl halides is 2. The standard InChI is InChI=1S/C20H32F2N4O2.HI/c1-4-27-17-11-7-8-15(18(17)28-19(21)22)14-25-20(23-2)24-12-13-26(3)16-9-5-6-10-16;/h7-8,11,16,19H,4-6,9-10,12-14H2,1-3H3,(H2,23,24,25);1H. The fourth-order valence-electron chi connectivity index (χ4n) is 3.47. The number of halogens is 3. The van der Waals surface area contributed by atoms with Gasteiger partial charge in [0.25, 0.3) is 0 Å². The molecule has 166 valence electrons. The fourth-order valence-corrected chi connectivity index (χ4v) is 3.47. The molecule has 1 aromatic rings. The smallest absolute Gasteiger partial charge is 0.387 e. The maximum absolute atomic E-state index is 12.8. The van der Waals surface area contributed by atoms with E-state index in [2.05, 4.69) is 27.6 Å². The summed E-state index contributed by atoms with van der Waals surface area (Å²) in [5, 5.41) is 6.42. The first-order valence-corrected chi connectivity index (χ1v) is 9.89. The van der Waals surface area contributed by atoms with Crippen LogP contribution in [0.3, 0.4) is 0 Å². The van der Waals surface area contributed by atoms with Crippen molar-refractivity contribution in [2.24, 2.45) is 4.99 Å². The Morgan fingerprint density at radius 1 is 1.28 bits per heavy atom. The predicted octanol–water partition coefficient (Wildman–Crippen LogP) is 3.84. The summed E-state index contributed by atoms with van der Waals surface area (Å²) in [7, 11) is 3.84. The Hall–Kier alpha value is -1.36. The highest BCUT2D eigenvalue weighted by Crippen LogP contribution is 2.32. The van der Waals surface area contributed by atoms with Crippen molar-refractivity contribution < 1.29 is 18.3 Å². The lowest BCUT2D eigenvalue weighted by Crippen LogP contribution is -2.42. The Balaban J connectivity index is 0.00000420. The van der Waals surface area contributed by atoms with Gasteiger partial charge in [-0.3, -0.25) is 4.99 Å². The van der Waals surface area contributed by atoms with Gasteiger partial charge in [-0.1, -0.05) is 25.0 Å². The zero-order chi connectivity index (χ0) is 20.4. The van der Waals surface area contributed by atoms with Crippen LogP contribution in [-0.2, 0) is 6.54 Å². The average Bonchev–Trinajstić information content (AvgIpc) is 3.21. The van der Waals surface area contributed by atoms with E-state index in [1.54, 1.807) is 32.2 Å². The van der Waals surface area contributed by atoms with Crippen molar-refractivity contribution in [1.29, 1.82) is 0 Å². The predicted molar refractivity (Wildman–Crippen MR) is 123 cm³/mol. The molecule has 9 heteroatoms. The van der Waals surface area contributed by atoms with E-state index in [0.717, 1.165) is 13.1 Å². The van der Waals surface area contributed by atoms with E-state index in [4.69, 9.17) is 9.47 Å². The summed E-state index contributed by atoms with van der Waals surface area (Å²) in [6.45, 7) is 1.22. The maximum atomic E-state index is 12.8. The number of rotatable bonds is 10. The van der Waals surface area contributed by atoms with Crippen LogP contribution in [0, 0.1) is 0 Å². The molecule has 0 bridgehead atoms. The van der Waals surface area contributed by atoms with E-state index in [0.29, 0.717) is 36.5 Å². The summed E-state index contributed by atoms with van der Waals surface area (Å²) < 4.78 is 35.7. The lowest BCUT2D eigenvalue weighted by Gasteiger charge is -2.24. The van der Waals surface area contributed by atoms with Crippen LogP contribution in [0.25, 0.3) is 0 Å². The lowest BCUT2D eigenvalue weighted by atomic mass is 10.2. The first kappa shape index (κ1) is 25.7. The molecule has 29 heavy (non-hydrogen) atoms. The van der Waals surface area contributed by atoms with Gasteiger partial charge >= 0.3 is 6.61 Å². The largest absolute Gasteiger partial charge is 0.490 e. The topological polar surface area (TPSA) is 58.1 Å². The van der Waals surface area contributed by atoms with E-state index in [1.807, 2.05) is 0 Å². The third-order valence-corrected chi connectivity index (χ3v) is 4.94. The number of aliphatic imine (C=N–C) groups is 1. The van der Waals surface area contributed by atoms with Crippen LogP contribution < -0.4 is 20.1 Å². The Kier molecular flexibility index (Phi) is 12.2. The molecule has 0 atom stereocenters. The quantitative estimate of drug-likeness (QED) is 0.276. The summed E-state index contributed by atoms with van der Waals surface area (Å²) >= 11 is 0. The van der Waals surface area contributed by atoms with Gasteiger partial charge in [-0.15, -0.1) is 24.0 Å². The van der Waals surface area contributed by atoms with Crippen molar-refractivity contribution in [2.75, 3.05) is 33.8 Å². The number of benzene rings is 1. The van der Waals surface area contributed by atoms with Crippen molar-refractivity contribution in [3.8, 4) is 11.5 Å². The summed E-state index contributed by atoms with van der Waals surface area (Å²) in [5.74, 6) is 0.983. The van der Waals surface area contributed by atoms with Gasteiger partial charge in [0.15, 0.2) is 17.5 Å². The van der Waals surface area contributed by atoms with Crippen molar-refractivity contribution in [2.45, 2.75) is 51.8 Å². The van der Waals surface area contributed by atoms with Gasteiger partial charge in [0.05, 0.1) is 6.61 Å². The third-order valence-electron chi connectivity index (χ3n) is 4.94. The first-order chi connectivity index (χ1) is 13.5. The molecule has 1 aromatic carbocycles. The minimum absolute atomic E-state index is 0. The van der Waals surface area contributed by atoms with Crippen LogP contribution in [0.5, 0.6) is 11.5 Å².